The first-order valence-corrected chi connectivity index (χ1v) is 9.95. The second kappa shape index (κ2) is 12.9. The van der Waals surface area contributed by atoms with Gasteiger partial charge in [0.2, 0.25) is 17.7 Å². The van der Waals surface area contributed by atoms with Gasteiger partial charge in [-0.25, -0.2) is 4.79 Å². The molecule has 0 aromatic carbocycles. The molecule has 12 heteroatoms. The Balaban J connectivity index is 4.80. The van der Waals surface area contributed by atoms with Gasteiger partial charge in [0.15, 0.2) is 0 Å². The normalized spacial score (nSPS) is 13.9. The number of carbonyl (C=O) groups excluding carboxylic acids is 3. The molecule has 3 amide bonds. The Bertz CT molecular complexity index is 585. The van der Waals surface area contributed by atoms with Crippen LogP contribution in [0.25, 0.3) is 0 Å². The summed E-state index contributed by atoms with van der Waals surface area (Å²) in [5.74, 6) is -4.40. The van der Waals surface area contributed by atoms with Crippen LogP contribution in [0.2, 0.25) is 0 Å². The van der Waals surface area contributed by atoms with E-state index in [1.54, 1.807) is 20.1 Å². The van der Waals surface area contributed by atoms with Crippen LogP contribution >= 0.6 is 11.8 Å². The lowest BCUT2D eigenvalue weighted by molar-refractivity contribution is -0.143. The molecule has 0 spiro atoms. The second-order valence-electron chi connectivity index (χ2n) is 6.39. The first kappa shape index (κ1) is 25.7. The lowest BCUT2D eigenvalue weighted by atomic mass is 10.0. The first-order valence-electron chi connectivity index (χ1n) is 8.56. The molecule has 0 rings (SSSR count). The van der Waals surface area contributed by atoms with Crippen molar-refractivity contribution in [2.75, 3.05) is 18.6 Å². The number of carboxylic acids is 2. The molecule has 0 saturated carbocycles. The van der Waals surface area contributed by atoms with Gasteiger partial charge in [-0.2, -0.15) is 11.8 Å². The summed E-state index contributed by atoms with van der Waals surface area (Å²) in [6, 6.07) is -3.41. The van der Waals surface area contributed by atoms with Gasteiger partial charge in [-0.15, -0.1) is 0 Å². The van der Waals surface area contributed by atoms with Crippen molar-refractivity contribution in [2.24, 2.45) is 11.7 Å². The average Bonchev–Trinajstić information content (AvgIpc) is 2.59. The Morgan fingerprint density at radius 2 is 1.64 bits per heavy atom. The van der Waals surface area contributed by atoms with E-state index in [2.05, 4.69) is 16.0 Å². The van der Waals surface area contributed by atoms with Crippen LogP contribution in [0.4, 0.5) is 0 Å². The zero-order valence-electron chi connectivity index (χ0n) is 16.1. The maximum atomic E-state index is 12.3. The summed E-state index contributed by atoms with van der Waals surface area (Å²) in [5, 5.41) is 24.8. The largest absolute Gasteiger partial charge is 0.481 e. The first-order chi connectivity index (χ1) is 13.0. The van der Waals surface area contributed by atoms with Gasteiger partial charge in [-0.3, -0.25) is 19.2 Å². The fourth-order valence-electron chi connectivity index (χ4n) is 2.09. The Labute approximate surface area is 167 Å². The van der Waals surface area contributed by atoms with E-state index in [-0.39, 0.29) is 12.3 Å². The summed E-state index contributed by atoms with van der Waals surface area (Å²) >= 11 is 1.43. The zero-order valence-corrected chi connectivity index (χ0v) is 16.9. The smallest absolute Gasteiger partial charge is 0.326 e. The summed E-state index contributed by atoms with van der Waals surface area (Å²) < 4.78 is 0. The summed E-state index contributed by atoms with van der Waals surface area (Å²) in [6.45, 7) is 2.79. The number of aliphatic carboxylic acids is 2. The molecule has 0 aliphatic heterocycles. The number of carboxylic acid groups (broad SMARTS) is 2. The number of rotatable bonds is 13. The van der Waals surface area contributed by atoms with Crippen molar-refractivity contribution in [1.82, 2.24) is 16.0 Å². The highest BCUT2D eigenvalue weighted by atomic mass is 32.2. The highest BCUT2D eigenvalue weighted by molar-refractivity contribution is 7.98. The molecule has 3 unspecified atom stereocenters. The number of amides is 3. The standard InChI is InChI=1S/C16H28N4O7S/c1-8(2)13(16(26)27)20-11(21)7-18-15(25)10(4-5-28-3)19-14(24)9(17)6-12(22)23/h8-10,13H,4-7,17H2,1-3H3,(H,18,25)(H,19,24)(H,20,21)(H,22,23)(H,26,27). The second-order valence-corrected chi connectivity index (χ2v) is 7.38. The minimum atomic E-state index is -1.31. The predicted octanol–water partition coefficient (Wildman–Crippen LogP) is -1.63. The number of hydrogen-bond donors (Lipinski definition) is 6. The van der Waals surface area contributed by atoms with Crippen molar-refractivity contribution >= 4 is 41.4 Å². The molecule has 0 fully saturated rings. The Morgan fingerprint density at radius 1 is 1.04 bits per heavy atom. The summed E-state index contributed by atoms with van der Waals surface area (Å²) in [5.41, 5.74) is 5.48. The molecule has 0 aromatic heterocycles. The Morgan fingerprint density at radius 3 is 2.11 bits per heavy atom. The molecule has 0 aliphatic carbocycles. The topological polar surface area (TPSA) is 188 Å². The highest BCUT2D eigenvalue weighted by Crippen LogP contribution is 2.03. The van der Waals surface area contributed by atoms with Crippen molar-refractivity contribution in [1.29, 1.82) is 0 Å². The molecule has 3 atom stereocenters. The lowest BCUT2D eigenvalue weighted by Gasteiger charge is -2.21. The monoisotopic (exact) mass is 420 g/mol. The van der Waals surface area contributed by atoms with E-state index >= 15 is 0 Å². The van der Waals surface area contributed by atoms with Crippen LogP contribution in [-0.4, -0.2) is 76.6 Å². The van der Waals surface area contributed by atoms with E-state index < -0.39 is 60.8 Å². The molecule has 0 heterocycles. The van der Waals surface area contributed by atoms with Crippen LogP contribution in [0.3, 0.4) is 0 Å². The molecule has 160 valence electrons. The lowest BCUT2D eigenvalue weighted by Crippen LogP contribution is -2.54. The molecular weight excluding hydrogens is 392 g/mol. The number of thioether (sulfide) groups is 1. The molecule has 0 bridgehead atoms. The van der Waals surface area contributed by atoms with E-state index in [1.807, 2.05) is 0 Å². The minimum Gasteiger partial charge on any atom is -0.481 e. The third-order valence-electron chi connectivity index (χ3n) is 3.65. The average molecular weight is 420 g/mol. The van der Waals surface area contributed by atoms with E-state index in [9.17, 15) is 24.0 Å². The van der Waals surface area contributed by atoms with Crippen molar-refractivity contribution in [2.45, 2.75) is 44.8 Å². The molecule has 0 aromatic rings. The van der Waals surface area contributed by atoms with Crippen LogP contribution in [0.5, 0.6) is 0 Å². The van der Waals surface area contributed by atoms with E-state index in [1.165, 1.54) is 11.8 Å². The van der Waals surface area contributed by atoms with Gasteiger partial charge in [-0.05, 0) is 24.3 Å². The number of carbonyl (C=O) groups is 5. The molecule has 0 aliphatic rings. The molecule has 11 nitrogen and oxygen atoms in total. The van der Waals surface area contributed by atoms with E-state index in [0.29, 0.717) is 5.75 Å². The summed E-state index contributed by atoms with van der Waals surface area (Å²) in [7, 11) is 0. The Hall–Kier alpha value is -2.34. The Kier molecular flexibility index (Phi) is 11.9. The maximum Gasteiger partial charge on any atom is 0.326 e. The quantitative estimate of drug-likeness (QED) is 0.203. The number of hydrogen-bond acceptors (Lipinski definition) is 7. The molecule has 7 N–H and O–H groups in total. The summed E-state index contributed by atoms with van der Waals surface area (Å²) in [4.78, 5) is 57.9. The van der Waals surface area contributed by atoms with Crippen LogP contribution in [0.15, 0.2) is 0 Å². The fourth-order valence-corrected chi connectivity index (χ4v) is 2.56. The van der Waals surface area contributed by atoms with Gasteiger partial charge in [-0.1, -0.05) is 13.8 Å². The van der Waals surface area contributed by atoms with E-state index in [0.717, 1.165) is 0 Å². The maximum absolute atomic E-state index is 12.3. The number of nitrogens with one attached hydrogen (secondary N) is 3. The van der Waals surface area contributed by atoms with Gasteiger partial charge in [0.1, 0.15) is 12.1 Å². The number of nitrogens with two attached hydrogens (primary N) is 1. The third-order valence-corrected chi connectivity index (χ3v) is 4.29. The van der Waals surface area contributed by atoms with Crippen molar-refractivity contribution in [3.63, 3.8) is 0 Å². The molecule has 28 heavy (non-hydrogen) atoms. The SMILES string of the molecule is CSCCC(NC(=O)C(N)CC(=O)O)C(=O)NCC(=O)NC(C(=O)O)C(C)C. The highest BCUT2D eigenvalue weighted by Gasteiger charge is 2.26. The van der Waals surface area contributed by atoms with Crippen molar-refractivity contribution in [3.8, 4) is 0 Å². The fraction of sp³-hybridized carbons (Fsp3) is 0.688. The predicted molar refractivity (Wildman–Crippen MR) is 103 cm³/mol. The molecule has 0 saturated heterocycles. The van der Waals surface area contributed by atoms with Crippen LogP contribution in [-0.2, 0) is 24.0 Å². The molecule has 0 radical (unpaired) electrons. The summed E-state index contributed by atoms with van der Waals surface area (Å²) in [6.07, 6.45) is 1.46. The third kappa shape index (κ3) is 10.1. The molecular formula is C16H28N4O7S. The van der Waals surface area contributed by atoms with Gasteiger partial charge in [0.25, 0.3) is 0 Å². The van der Waals surface area contributed by atoms with Gasteiger partial charge >= 0.3 is 11.9 Å². The van der Waals surface area contributed by atoms with Crippen molar-refractivity contribution in [3.05, 3.63) is 0 Å². The van der Waals surface area contributed by atoms with Crippen LogP contribution in [0, 0.1) is 5.92 Å². The van der Waals surface area contributed by atoms with E-state index in [4.69, 9.17) is 15.9 Å². The van der Waals surface area contributed by atoms with Gasteiger partial charge in [0, 0.05) is 0 Å². The van der Waals surface area contributed by atoms with Gasteiger partial charge in [0.05, 0.1) is 19.0 Å². The van der Waals surface area contributed by atoms with Crippen LogP contribution in [0.1, 0.15) is 26.7 Å². The van der Waals surface area contributed by atoms with Crippen LogP contribution < -0.4 is 21.7 Å². The zero-order chi connectivity index (χ0) is 21.9. The van der Waals surface area contributed by atoms with Crippen molar-refractivity contribution < 1.29 is 34.2 Å². The van der Waals surface area contributed by atoms with Gasteiger partial charge < -0.3 is 31.9 Å². The minimum absolute atomic E-state index is 0.240.